The predicted molar refractivity (Wildman–Crippen MR) is 124 cm³/mol. The van der Waals surface area contributed by atoms with E-state index in [-0.39, 0.29) is 11.9 Å². The molecule has 3 heterocycles. The van der Waals surface area contributed by atoms with E-state index in [0.29, 0.717) is 43.0 Å². The molecule has 3 aromatic rings. The quantitative estimate of drug-likeness (QED) is 0.481. The molecule has 0 radical (unpaired) electrons. The number of nitrogens with one attached hydrogen (secondary N) is 1. The van der Waals surface area contributed by atoms with Gasteiger partial charge >= 0.3 is 6.18 Å². The molecular formula is C23H24F3N5O3S. The first-order chi connectivity index (χ1) is 16.6. The smallest absolute Gasteiger partial charge is 0.387 e. The van der Waals surface area contributed by atoms with Gasteiger partial charge in [0.1, 0.15) is 22.9 Å². The lowest BCUT2D eigenvalue weighted by atomic mass is 9.96. The Hall–Kier alpha value is -3.09. The molecule has 1 amide bonds. The molecule has 1 aliphatic rings. The van der Waals surface area contributed by atoms with Crippen LogP contribution in [0.2, 0.25) is 0 Å². The van der Waals surface area contributed by atoms with Gasteiger partial charge in [-0.15, -0.1) is 11.3 Å². The Balaban J connectivity index is 1.55. The SMILES string of the molecule is Cc1cc(Nc2nccc(C(F)(F)F)n2)cc(-c2cnc([C@@]3(O)CCCN(C(=O)CO)CC3)s2)c1. The van der Waals surface area contributed by atoms with Crippen LogP contribution in [0.3, 0.4) is 0 Å². The van der Waals surface area contributed by atoms with Crippen LogP contribution < -0.4 is 5.32 Å². The number of alkyl halides is 3. The van der Waals surface area contributed by atoms with Gasteiger partial charge in [-0.1, -0.05) is 6.07 Å². The number of rotatable bonds is 5. The van der Waals surface area contributed by atoms with Crippen LogP contribution in [-0.4, -0.2) is 55.7 Å². The average molecular weight is 508 g/mol. The molecule has 0 bridgehead atoms. The predicted octanol–water partition coefficient (Wildman–Crippen LogP) is 3.86. The fourth-order valence-corrected chi connectivity index (χ4v) is 5.06. The molecule has 186 valence electrons. The molecule has 1 aromatic carbocycles. The minimum atomic E-state index is -4.57. The molecule has 2 aromatic heterocycles. The number of anilines is 2. The fourth-order valence-electron chi connectivity index (χ4n) is 4.01. The number of thiazole rings is 1. The molecule has 12 heteroatoms. The lowest BCUT2D eigenvalue weighted by molar-refractivity contribution is -0.141. The maximum absolute atomic E-state index is 13.0. The van der Waals surface area contributed by atoms with Crippen LogP contribution in [0.1, 0.15) is 35.5 Å². The second-order valence-corrected chi connectivity index (χ2v) is 9.46. The number of aliphatic hydroxyl groups excluding tert-OH is 1. The van der Waals surface area contributed by atoms with Crippen LogP contribution in [0.15, 0.2) is 36.7 Å². The van der Waals surface area contributed by atoms with E-state index >= 15 is 0 Å². The van der Waals surface area contributed by atoms with Crippen LogP contribution in [-0.2, 0) is 16.6 Å². The van der Waals surface area contributed by atoms with E-state index in [0.717, 1.165) is 28.3 Å². The third kappa shape index (κ3) is 5.77. The first-order valence-electron chi connectivity index (χ1n) is 10.9. The van der Waals surface area contributed by atoms with Crippen molar-refractivity contribution in [1.29, 1.82) is 0 Å². The minimum Gasteiger partial charge on any atom is -0.387 e. The zero-order valence-corrected chi connectivity index (χ0v) is 19.7. The number of likely N-dealkylation sites (tertiary alicyclic amines) is 1. The Morgan fingerprint density at radius 2 is 2.03 bits per heavy atom. The Morgan fingerprint density at radius 3 is 2.77 bits per heavy atom. The van der Waals surface area contributed by atoms with Gasteiger partial charge in [0.2, 0.25) is 11.9 Å². The second-order valence-electron chi connectivity index (χ2n) is 8.43. The zero-order chi connectivity index (χ0) is 25.2. The van der Waals surface area contributed by atoms with Crippen LogP contribution in [0.4, 0.5) is 24.8 Å². The van der Waals surface area contributed by atoms with Crippen molar-refractivity contribution in [3.63, 3.8) is 0 Å². The van der Waals surface area contributed by atoms with Crippen molar-refractivity contribution in [2.45, 2.75) is 38.0 Å². The van der Waals surface area contributed by atoms with Crippen molar-refractivity contribution in [3.05, 3.63) is 52.9 Å². The number of carbonyl (C=O) groups is 1. The molecule has 1 fully saturated rings. The van der Waals surface area contributed by atoms with Crippen molar-refractivity contribution >= 4 is 28.9 Å². The van der Waals surface area contributed by atoms with Crippen molar-refractivity contribution in [1.82, 2.24) is 19.9 Å². The van der Waals surface area contributed by atoms with Gasteiger partial charge in [-0.25, -0.2) is 15.0 Å². The normalized spacial score (nSPS) is 18.9. The molecule has 8 nitrogen and oxygen atoms in total. The van der Waals surface area contributed by atoms with Gasteiger partial charge in [0.05, 0.1) is 4.88 Å². The summed E-state index contributed by atoms with van der Waals surface area (Å²) in [5.41, 5.74) is -0.0771. The van der Waals surface area contributed by atoms with Gasteiger partial charge in [0, 0.05) is 37.6 Å². The number of hydrogen-bond acceptors (Lipinski definition) is 8. The highest BCUT2D eigenvalue weighted by atomic mass is 32.1. The highest BCUT2D eigenvalue weighted by Crippen LogP contribution is 2.39. The molecule has 0 aliphatic carbocycles. The number of nitrogens with zero attached hydrogens (tertiary/aromatic N) is 4. The number of amides is 1. The van der Waals surface area contributed by atoms with Gasteiger partial charge < -0.3 is 20.4 Å². The van der Waals surface area contributed by atoms with E-state index in [4.69, 9.17) is 5.11 Å². The largest absolute Gasteiger partial charge is 0.433 e. The summed E-state index contributed by atoms with van der Waals surface area (Å²) in [5.74, 6) is -0.533. The number of aliphatic hydroxyl groups is 2. The first kappa shape index (κ1) is 25.0. The maximum Gasteiger partial charge on any atom is 0.433 e. The topological polar surface area (TPSA) is 111 Å². The Bertz CT molecular complexity index is 1220. The average Bonchev–Trinajstić information content (AvgIpc) is 3.23. The van der Waals surface area contributed by atoms with E-state index < -0.39 is 24.1 Å². The maximum atomic E-state index is 13.0. The van der Waals surface area contributed by atoms with Crippen molar-refractivity contribution in [2.75, 3.05) is 25.0 Å². The molecule has 4 rings (SSSR count). The van der Waals surface area contributed by atoms with Gasteiger partial charge in [-0.3, -0.25) is 4.79 Å². The summed E-state index contributed by atoms with van der Waals surface area (Å²) in [6.07, 6.45) is -0.558. The molecule has 35 heavy (non-hydrogen) atoms. The summed E-state index contributed by atoms with van der Waals surface area (Å²) < 4.78 is 38.9. The van der Waals surface area contributed by atoms with Gasteiger partial charge in [-0.2, -0.15) is 13.2 Å². The summed E-state index contributed by atoms with van der Waals surface area (Å²) in [6, 6.07) is 6.24. The van der Waals surface area contributed by atoms with E-state index in [9.17, 15) is 23.1 Å². The third-order valence-corrected chi connectivity index (χ3v) is 7.01. The van der Waals surface area contributed by atoms with Crippen molar-refractivity contribution in [3.8, 4) is 10.4 Å². The van der Waals surface area contributed by atoms with Crippen molar-refractivity contribution < 1.29 is 28.2 Å². The summed E-state index contributed by atoms with van der Waals surface area (Å²) in [4.78, 5) is 26.0. The molecule has 1 aliphatic heterocycles. The minimum absolute atomic E-state index is 0.170. The fraction of sp³-hybridized carbons (Fsp3) is 0.391. The summed E-state index contributed by atoms with van der Waals surface area (Å²) in [5, 5.41) is 23.8. The van der Waals surface area contributed by atoms with E-state index in [2.05, 4.69) is 20.3 Å². The first-order valence-corrected chi connectivity index (χ1v) is 11.8. The van der Waals surface area contributed by atoms with Gasteiger partial charge in [-0.05, 0) is 49.1 Å². The van der Waals surface area contributed by atoms with E-state index in [1.54, 1.807) is 23.2 Å². The highest BCUT2D eigenvalue weighted by molar-refractivity contribution is 7.15. The van der Waals surface area contributed by atoms with Crippen LogP contribution in [0, 0.1) is 6.92 Å². The summed E-state index contributed by atoms with van der Waals surface area (Å²) in [6.45, 7) is 2.08. The summed E-state index contributed by atoms with van der Waals surface area (Å²) >= 11 is 1.32. The third-order valence-electron chi connectivity index (χ3n) is 5.77. The zero-order valence-electron chi connectivity index (χ0n) is 18.8. The lowest BCUT2D eigenvalue weighted by Gasteiger charge is -2.24. The van der Waals surface area contributed by atoms with E-state index in [1.807, 2.05) is 13.0 Å². The summed E-state index contributed by atoms with van der Waals surface area (Å²) in [7, 11) is 0. The van der Waals surface area contributed by atoms with Gasteiger partial charge in [0.25, 0.3) is 0 Å². The van der Waals surface area contributed by atoms with Crippen molar-refractivity contribution in [2.24, 2.45) is 0 Å². The standard InChI is InChI=1S/C23H24F3N5O3S/c1-14-9-15(11-16(10-14)29-21-27-6-3-18(30-21)23(24,25)26)17-12-28-20(35-17)22(34)4-2-7-31(8-5-22)19(33)13-32/h3,6,9-12,32,34H,2,4-5,7-8,13H2,1H3,(H,27,29,30)/t22-/m1/s1. The Kier molecular flexibility index (Phi) is 7.06. The van der Waals surface area contributed by atoms with Crippen LogP contribution in [0.5, 0.6) is 0 Å². The lowest BCUT2D eigenvalue weighted by Crippen LogP contribution is -2.35. The molecular weight excluding hydrogens is 483 g/mol. The second kappa shape index (κ2) is 9.88. The monoisotopic (exact) mass is 507 g/mol. The number of halogens is 3. The van der Waals surface area contributed by atoms with Crippen LogP contribution in [0.25, 0.3) is 10.4 Å². The molecule has 1 atom stereocenters. The highest BCUT2D eigenvalue weighted by Gasteiger charge is 2.36. The molecule has 1 saturated heterocycles. The Labute approximate surface area is 203 Å². The molecule has 0 spiro atoms. The Morgan fingerprint density at radius 1 is 1.23 bits per heavy atom. The molecule has 0 unspecified atom stereocenters. The number of carbonyl (C=O) groups excluding carboxylic acids is 1. The van der Waals surface area contributed by atoms with Gasteiger partial charge in [0.15, 0.2) is 0 Å². The number of aromatic nitrogens is 3. The number of hydrogen-bond donors (Lipinski definition) is 3. The molecule has 0 saturated carbocycles. The molecule has 3 N–H and O–H groups in total. The van der Waals surface area contributed by atoms with E-state index in [1.165, 1.54) is 11.3 Å². The number of aryl methyl sites for hydroxylation is 1. The van der Waals surface area contributed by atoms with Crippen LogP contribution >= 0.6 is 11.3 Å². The number of benzene rings is 1.